The van der Waals surface area contributed by atoms with Crippen LogP contribution in [0.25, 0.3) is 0 Å². The normalized spacial score (nSPS) is 12.2. The molecule has 2 heterocycles. The van der Waals surface area contributed by atoms with Gasteiger partial charge in [-0.05, 0) is 29.3 Å². The van der Waals surface area contributed by atoms with Gasteiger partial charge in [0.2, 0.25) is 0 Å². The summed E-state index contributed by atoms with van der Waals surface area (Å²) in [6, 6.07) is 5.58. The summed E-state index contributed by atoms with van der Waals surface area (Å²) in [5.41, 5.74) is -0.233. The van der Waals surface area contributed by atoms with Crippen molar-refractivity contribution in [2.75, 3.05) is 14.2 Å². The SMILES string of the molecule is COC(=O)c1cccnc1S(=O)(=O)N[Si](C)(C)C(C)(C)C.COC(=O)c1cccnc1S(N)(=O)=O. The fourth-order valence-electron chi connectivity index (χ4n) is 2.29. The highest BCUT2D eigenvalue weighted by molar-refractivity contribution is 7.91. The summed E-state index contributed by atoms with van der Waals surface area (Å²) in [6.07, 6.45) is 2.57. The summed E-state index contributed by atoms with van der Waals surface area (Å²) in [6.45, 7) is 9.81. The lowest BCUT2D eigenvalue weighted by Crippen LogP contribution is -2.54. The highest BCUT2D eigenvalue weighted by Crippen LogP contribution is 2.35. The van der Waals surface area contributed by atoms with E-state index in [2.05, 4.69) is 23.8 Å². The molecule has 2 rings (SSSR count). The van der Waals surface area contributed by atoms with Gasteiger partial charge >= 0.3 is 11.9 Å². The van der Waals surface area contributed by atoms with E-state index >= 15 is 0 Å². The van der Waals surface area contributed by atoms with Crippen molar-refractivity contribution in [2.24, 2.45) is 5.14 Å². The zero-order valence-corrected chi connectivity index (χ0v) is 23.2. The fraction of sp³-hybridized carbons (Fsp3) is 0.400. The number of nitrogens with two attached hydrogens (primary N) is 1. The molecule has 0 fully saturated rings. The molecule has 15 heteroatoms. The minimum Gasteiger partial charge on any atom is -0.465 e. The lowest BCUT2D eigenvalue weighted by Gasteiger charge is -2.36. The van der Waals surface area contributed by atoms with Crippen molar-refractivity contribution in [1.82, 2.24) is 14.4 Å². The highest BCUT2D eigenvalue weighted by atomic mass is 32.2. The smallest absolute Gasteiger partial charge is 0.340 e. The molecule has 194 valence electrons. The van der Waals surface area contributed by atoms with Crippen LogP contribution >= 0.6 is 0 Å². The molecule has 0 saturated carbocycles. The Morgan fingerprint density at radius 3 is 1.66 bits per heavy atom. The summed E-state index contributed by atoms with van der Waals surface area (Å²) in [5, 5.41) is 3.90. The molecule has 0 radical (unpaired) electrons. The Morgan fingerprint density at radius 1 is 0.886 bits per heavy atom. The molecule has 0 aliphatic carbocycles. The standard InChI is InChI=1S/C13H22N2O4SSi.C7H8N2O4S/c1-13(2,3)21(5,6)15-20(17,18)11-10(12(16)19-4)8-7-9-14-11;1-13-7(10)5-3-2-4-9-6(5)14(8,11)12/h7-9,15H,1-6H3;2-4H,1H3,(H2,8,11,12). The topological polar surface area (TPSA) is 185 Å². The second-order valence-corrected chi connectivity index (χ2v) is 17.2. The molecule has 2 aromatic heterocycles. The quantitative estimate of drug-likeness (QED) is 0.399. The van der Waals surface area contributed by atoms with E-state index in [4.69, 9.17) is 5.14 Å². The van der Waals surface area contributed by atoms with Gasteiger partial charge in [-0.3, -0.25) is 0 Å². The van der Waals surface area contributed by atoms with Gasteiger partial charge < -0.3 is 9.47 Å². The van der Waals surface area contributed by atoms with Crippen molar-refractivity contribution in [3.05, 3.63) is 47.8 Å². The van der Waals surface area contributed by atoms with Crippen molar-refractivity contribution >= 4 is 40.2 Å². The maximum atomic E-state index is 12.6. The Morgan fingerprint density at radius 2 is 1.29 bits per heavy atom. The molecule has 12 nitrogen and oxygen atoms in total. The van der Waals surface area contributed by atoms with Gasteiger partial charge in [0, 0.05) is 12.4 Å². The fourth-order valence-corrected chi connectivity index (χ4v) is 7.90. The largest absolute Gasteiger partial charge is 0.465 e. The molecule has 0 unspecified atom stereocenters. The number of sulfonamides is 2. The van der Waals surface area contributed by atoms with Gasteiger partial charge in [-0.1, -0.05) is 33.9 Å². The number of carbonyl (C=O) groups is 2. The summed E-state index contributed by atoms with van der Waals surface area (Å²) < 4.78 is 58.9. The number of aromatic nitrogens is 2. The van der Waals surface area contributed by atoms with Crippen molar-refractivity contribution in [2.45, 2.75) is 49.0 Å². The van der Waals surface area contributed by atoms with Crippen molar-refractivity contribution in [3.8, 4) is 0 Å². The van der Waals surface area contributed by atoms with Crippen LogP contribution in [0, 0.1) is 0 Å². The first kappa shape index (κ1) is 30.3. The molecule has 0 saturated heterocycles. The molecule has 0 aliphatic rings. The van der Waals surface area contributed by atoms with Crippen LogP contribution < -0.4 is 9.53 Å². The lowest BCUT2D eigenvalue weighted by molar-refractivity contribution is 0.0586. The number of hydrogen-bond donors (Lipinski definition) is 2. The molecular formula is C20H30N4O8S2Si. The van der Waals surface area contributed by atoms with E-state index in [1.165, 1.54) is 43.8 Å². The second kappa shape index (κ2) is 11.3. The summed E-state index contributed by atoms with van der Waals surface area (Å²) in [5.74, 6) is -1.51. The zero-order valence-electron chi connectivity index (χ0n) is 20.5. The second-order valence-electron chi connectivity index (χ2n) is 8.72. The van der Waals surface area contributed by atoms with Gasteiger partial charge in [0.1, 0.15) is 8.24 Å². The van der Waals surface area contributed by atoms with Crippen LogP contribution in [0.1, 0.15) is 41.5 Å². The van der Waals surface area contributed by atoms with Gasteiger partial charge in [-0.25, -0.2) is 45.9 Å². The first-order valence-corrected chi connectivity index (χ1v) is 16.1. The predicted octanol–water partition coefficient (Wildman–Crippen LogP) is 1.67. The molecule has 0 spiro atoms. The van der Waals surface area contributed by atoms with Crippen molar-refractivity contribution < 1.29 is 35.9 Å². The third-order valence-electron chi connectivity index (χ3n) is 5.14. The third kappa shape index (κ3) is 7.89. The van der Waals surface area contributed by atoms with Crippen LogP contribution in [0.3, 0.4) is 0 Å². The Hall–Kier alpha value is -2.72. The van der Waals surface area contributed by atoms with Gasteiger partial charge in [-0.2, -0.15) is 0 Å². The monoisotopic (exact) mass is 546 g/mol. The maximum Gasteiger partial charge on any atom is 0.340 e. The van der Waals surface area contributed by atoms with Crippen LogP contribution in [0.5, 0.6) is 0 Å². The molecule has 0 aromatic carbocycles. The predicted molar refractivity (Wildman–Crippen MR) is 130 cm³/mol. The molecular weight excluding hydrogens is 516 g/mol. The Bertz CT molecular complexity index is 1290. The van der Waals surface area contributed by atoms with Crippen LogP contribution in [0.2, 0.25) is 18.1 Å². The minimum absolute atomic E-state index is 0.0637. The van der Waals surface area contributed by atoms with E-state index in [0.29, 0.717) is 0 Å². The summed E-state index contributed by atoms with van der Waals surface area (Å²) >= 11 is 0. The molecule has 35 heavy (non-hydrogen) atoms. The van der Waals surface area contributed by atoms with Gasteiger partial charge in [0.05, 0.1) is 25.3 Å². The van der Waals surface area contributed by atoms with E-state index in [0.717, 1.165) is 7.11 Å². The molecule has 3 N–H and O–H groups in total. The maximum absolute atomic E-state index is 12.6. The zero-order chi connectivity index (χ0) is 27.2. The molecule has 0 amide bonds. The number of esters is 2. The number of carbonyl (C=O) groups excluding carboxylic acids is 2. The van der Waals surface area contributed by atoms with Crippen LogP contribution in [-0.4, -0.2) is 61.2 Å². The van der Waals surface area contributed by atoms with Crippen LogP contribution in [-0.2, 0) is 29.5 Å². The average molecular weight is 547 g/mol. The number of rotatable bonds is 6. The number of ether oxygens (including phenoxy) is 2. The van der Waals surface area contributed by atoms with Gasteiger partial charge in [0.25, 0.3) is 20.0 Å². The first-order chi connectivity index (χ1) is 15.9. The molecule has 0 atom stereocenters. The molecule has 0 aliphatic heterocycles. The van der Waals surface area contributed by atoms with E-state index in [1.807, 2.05) is 33.9 Å². The third-order valence-corrected chi connectivity index (χ3v) is 13.7. The Balaban J connectivity index is 0.000000379. The number of nitrogens with zero attached hydrogens (tertiary/aromatic N) is 2. The highest BCUT2D eigenvalue weighted by Gasteiger charge is 2.40. The molecule has 0 bridgehead atoms. The summed E-state index contributed by atoms with van der Waals surface area (Å²) in [7, 11) is -7.87. The first-order valence-electron chi connectivity index (χ1n) is 10.0. The number of pyridine rings is 2. The average Bonchev–Trinajstić information content (AvgIpc) is 2.76. The molecule has 2 aromatic rings. The van der Waals surface area contributed by atoms with E-state index in [9.17, 15) is 26.4 Å². The lowest BCUT2D eigenvalue weighted by atomic mass is 10.2. The number of methoxy groups -OCH3 is 2. The number of primary sulfonamides is 1. The van der Waals surface area contributed by atoms with Gasteiger partial charge in [-0.15, -0.1) is 0 Å². The Labute approximate surface area is 206 Å². The van der Waals surface area contributed by atoms with Crippen LogP contribution in [0.4, 0.5) is 0 Å². The van der Waals surface area contributed by atoms with Crippen LogP contribution in [0.15, 0.2) is 46.7 Å². The van der Waals surface area contributed by atoms with Gasteiger partial charge in [0.15, 0.2) is 10.1 Å². The van der Waals surface area contributed by atoms with E-state index in [-0.39, 0.29) is 21.2 Å². The Kier molecular flexibility index (Phi) is 9.82. The number of nitrogens with one attached hydrogen (secondary N) is 1. The van der Waals surface area contributed by atoms with E-state index < -0.39 is 45.2 Å². The minimum atomic E-state index is -4.00. The number of hydrogen-bond acceptors (Lipinski definition) is 10. The summed E-state index contributed by atoms with van der Waals surface area (Å²) in [4.78, 5) is 30.2. The van der Waals surface area contributed by atoms with Crippen molar-refractivity contribution in [1.29, 1.82) is 0 Å². The van der Waals surface area contributed by atoms with Crippen molar-refractivity contribution in [3.63, 3.8) is 0 Å². The van der Waals surface area contributed by atoms with E-state index in [1.54, 1.807) is 0 Å².